The average Bonchev–Trinajstić information content (AvgIpc) is 3.30. The van der Waals surface area contributed by atoms with Gasteiger partial charge in [-0.2, -0.15) is 12.6 Å². The van der Waals surface area contributed by atoms with Crippen molar-refractivity contribution < 1.29 is 24.3 Å². The number of aliphatic imine (C=N–C) groups is 1. The van der Waals surface area contributed by atoms with Gasteiger partial charge in [0.25, 0.3) is 0 Å². The molecule has 0 spiro atoms. The van der Waals surface area contributed by atoms with Gasteiger partial charge in [-0.25, -0.2) is 4.79 Å². The minimum atomic E-state index is -1.18. The van der Waals surface area contributed by atoms with Crippen molar-refractivity contribution in [1.29, 1.82) is 0 Å². The number of carboxylic acids is 1. The molecule has 2 rings (SSSR count). The Labute approximate surface area is 238 Å². The standard InChI is InChI=1S/C26H40N8O5S/c1-14(2)10-20(25(38)39)33-23(36)19(8-5-9-30-26(28)29)32-24(37)21(13-40)34-22(35)17(27)11-15-12-31-18-7-4-3-6-16(15)18/h3-4,6-7,12,14,17,19-21,31,40H,5,8-11,13,27H2,1-2H3,(H,32,37)(H,33,36)(H,34,35)(H,38,39)(H4,28,29,30). The summed E-state index contributed by atoms with van der Waals surface area (Å²) in [4.78, 5) is 57.6. The number of rotatable bonds is 16. The van der Waals surface area contributed by atoms with Crippen LogP contribution in [0.4, 0.5) is 0 Å². The van der Waals surface area contributed by atoms with Crippen LogP contribution in [-0.4, -0.2) is 76.2 Å². The highest BCUT2D eigenvalue weighted by atomic mass is 32.1. The van der Waals surface area contributed by atoms with E-state index >= 15 is 0 Å². The zero-order valence-electron chi connectivity index (χ0n) is 22.7. The lowest BCUT2D eigenvalue weighted by Crippen LogP contribution is -2.57. The van der Waals surface area contributed by atoms with Crippen molar-refractivity contribution in [1.82, 2.24) is 20.9 Å². The zero-order valence-corrected chi connectivity index (χ0v) is 23.6. The lowest BCUT2D eigenvalue weighted by Gasteiger charge is -2.25. The third-order valence-electron chi connectivity index (χ3n) is 6.17. The largest absolute Gasteiger partial charge is 0.480 e. The molecule has 40 heavy (non-hydrogen) atoms. The molecule has 220 valence electrons. The lowest BCUT2D eigenvalue weighted by molar-refractivity contribution is -0.142. The van der Waals surface area contributed by atoms with E-state index in [9.17, 15) is 24.3 Å². The van der Waals surface area contributed by atoms with E-state index in [1.807, 2.05) is 38.1 Å². The summed E-state index contributed by atoms with van der Waals surface area (Å²) < 4.78 is 0. The maximum absolute atomic E-state index is 13.1. The lowest BCUT2D eigenvalue weighted by atomic mass is 10.0. The number of aromatic amines is 1. The molecule has 0 aliphatic heterocycles. The first kappa shape index (κ1) is 32.4. The van der Waals surface area contributed by atoms with E-state index in [1.54, 1.807) is 6.20 Å². The molecular formula is C26H40N8O5S. The van der Waals surface area contributed by atoms with Crippen molar-refractivity contribution in [3.05, 3.63) is 36.0 Å². The van der Waals surface area contributed by atoms with Gasteiger partial charge in [0.15, 0.2) is 5.96 Å². The smallest absolute Gasteiger partial charge is 0.326 e. The number of benzene rings is 1. The van der Waals surface area contributed by atoms with Crippen LogP contribution in [0.2, 0.25) is 0 Å². The third-order valence-corrected chi connectivity index (χ3v) is 6.53. The number of carboxylic acid groups (broad SMARTS) is 1. The summed E-state index contributed by atoms with van der Waals surface area (Å²) in [6.07, 6.45) is 2.68. The van der Waals surface area contributed by atoms with Crippen molar-refractivity contribution in [2.75, 3.05) is 12.3 Å². The summed E-state index contributed by atoms with van der Waals surface area (Å²) >= 11 is 4.19. The molecule has 0 saturated carbocycles. The van der Waals surface area contributed by atoms with E-state index in [-0.39, 0.29) is 43.4 Å². The molecule has 0 bridgehead atoms. The molecule has 4 atom stereocenters. The van der Waals surface area contributed by atoms with Gasteiger partial charge in [0, 0.05) is 29.4 Å². The molecule has 1 aromatic carbocycles. The van der Waals surface area contributed by atoms with E-state index < -0.39 is 47.9 Å². The number of thiol groups is 1. The molecule has 1 aromatic heterocycles. The number of aromatic nitrogens is 1. The van der Waals surface area contributed by atoms with Crippen LogP contribution in [-0.2, 0) is 25.6 Å². The molecule has 1 heterocycles. The second-order valence-corrected chi connectivity index (χ2v) is 10.3. The Morgan fingerprint density at radius 1 is 1.00 bits per heavy atom. The monoisotopic (exact) mass is 576 g/mol. The van der Waals surface area contributed by atoms with E-state index in [4.69, 9.17) is 17.2 Å². The second kappa shape index (κ2) is 15.7. The molecule has 0 aliphatic rings. The summed E-state index contributed by atoms with van der Waals surface area (Å²) in [6.45, 7) is 3.87. The Hall–Kier alpha value is -3.78. The van der Waals surface area contributed by atoms with Crippen LogP contribution in [0, 0.1) is 5.92 Å². The number of para-hydroxylation sites is 1. The fourth-order valence-electron chi connectivity index (χ4n) is 4.11. The Balaban J connectivity index is 2.08. The number of nitrogens with zero attached hydrogens (tertiary/aromatic N) is 1. The summed E-state index contributed by atoms with van der Waals surface area (Å²) in [6, 6.07) is 3.34. The van der Waals surface area contributed by atoms with E-state index in [0.29, 0.717) is 6.42 Å². The number of amides is 3. The maximum atomic E-state index is 13.1. The van der Waals surface area contributed by atoms with Crippen molar-refractivity contribution in [2.24, 2.45) is 28.1 Å². The van der Waals surface area contributed by atoms with Crippen LogP contribution in [0.25, 0.3) is 10.9 Å². The SMILES string of the molecule is CC(C)CC(NC(=O)C(CCCN=C(N)N)NC(=O)C(CS)NC(=O)C(N)Cc1c[nH]c2ccccc12)C(=O)O. The van der Waals surface area contributed by atoms with E-state index in [1.165, 1.54) is 0 Å². The van der Waals surface area contributed by atoms with Crippen molar-refractivity contribution >= 4 is 53.2 Å². The Morgan fingerprint density at radius 2 is 1.62 bits per heavy atom. The number of nitrogens with one attached hydrogen (secondary N) is 4. The zero-order chi connectivity index (χ0) is 29.8. The number of hydrogen-bond donors (Lipinski definition) is 9. The van der Waals surface area contributed by atoms with Crippen molar-refractivity contribution in [2.45, 2.75) is 63.7 Å². The van der Waals surface area contributed by atoms with Crippen LogP contribution in [0.1, 0.15) is 38.7 Å². The predicted octanol–water partition coefficient (Wildman–Crippen LogP) is -0.394. The van der Waals surface area contributed by atoms with Gasteiger partial charge in [0.2, 0.25) is 17.7 Å². The quantitative estimate of drug-likeness (QED) is 0.0551. The average molecular weight is 577 g/mol. The van der Waals surface area contributed by atoms with Crippen LogP contribution in [0.3, 0.4) is 0 Å². The van der Waals surface area contributed by atoms with Crippen LogP contribution >= 0.6 is 12.6 Å². The van der Waals surface area contributed by atoms with Crippen molar-refractivity contribution in [3.63, 3.8) is 0 Å². The molecule has 11 N–H and O–H groups in total. The number of nitrogens with two attached hydrogens (primary N) is 3. The summed E-state index contributed by atoms with van der Waals surface area (Å²) in [7, 11) is 0. The first-order valence-corrected chi connectivity index (χ1v) is 13.7. The molecular weight excluding hydrogens is 536 g/mol. The van der Waals surface area contributed by atoms with Crippen LogP contribution in [0.15, 0.2) is 35.5 Å². The van der Waals surface area contributed by atoms with Crippen LogP contribution in [0.5, 0.6) is 0 Å². The summed E-state index contributed by atoms with van der Waals surface area (Å²) in [5.41, 5.74) is 18.6. The molecule has 3 amide bonds. The molecule has 0 radical (unpaired) electrons. The second-order valence-electron chi connectivity index (χ2n) is 9.95. The molecule has 4 unspecified atom stereocenters. The molecule has 0 aliphatic carbocycles. The molecule has 13 nitrogen and oxygen atoms in total. The number of fused-ring (bicyclic) bond motifs is 1. The Kier molecular flexibility index (Phi) is 12.7. The predicted molar refractivity (Wildman–Crippen MR) is 157 cm³/mol. The van der Waals surface area contributed by atoms with Gasteiger partial charge in [-0.05, 0) is 43.2 Å². The highest BCUT2D eigenvalue weighted by Crippen LogP contribution is 2.18. The minimum absolute atomic E-state index is 0.00792. The number of hydrogen-bond acceptors (Lipinski definition) is 7. The van der Waals surface area contributed by atoms with E-state index in [0.717, 1.165) is 16.5 Å². The number of carbonyl (C=O) groups excluding carboxylic acids is 3. The molecule has 0 fully saturated rings. The third kappa shape index (κ3) is 10.1. The van der Waals surface area contributed by atoms with Gasteiger partial charge in [-0.3, -0.25) is 19.4 Å². The van der Waals surface area contributed by atoms with Gasteiger partial charge < -0.3 is 43.2 Å². The fraction of sp³-hybridized carbons (Fsp3) is 0.500. The van der Waals surface area contributed by atoms with Crippen molar-refractivity contribution in [3.8, 4) is 0 Å². The molecule has 0 saturated heterocycles. The maximum Gasteiger partial charge on any atom is 0.326 e. The number of guanidine groups is 1. The summed E-state index contributed by atoms with van der Waals surface area (Å²) in [5, 5.41) is 18.2. The first-order valence-electron chi connectivity index (χ1n) is 13.0. The van der Waals surface area contributed by atoms with Gasteiger partial charge in [0.05, 0.1) is 6.04 Å². The van der Waals surface area contributed by atoms with Gasteiger partial charge >= 0.3 is 5.97 Å². The van der Waals surface area contributed by atoms with Crippen LogP contribution < -0.4 is 33.2 Å². The Bertz CT molecular complexity index is 1200. The first-order chi connectivity index (χ1) is 18.9. The molecule has 14 heteroatoms. The number of H-pyrrole nitrogens is 1. The topological polar surface area (TPSA) is 231 Å². The highest BCUT2D eigenvalue weighted by Gasteiger charge is 2.30. The molecule has 2 aromatic rings. The number of carbonyl (C=O) groups is 4. The normalized spacial score (nSPS) is 14.1. The van der Waals surface area contributed by atoms with Gasteiger partial charge in [-0.1, -0.05) is 32.0 Å². The highest BCUT2D eigenvalue weighted by molar-refractivity contribution is 7.80. The van der Waals surface area contributed by atoms with Gasteiger partial charge in [-0.15, -0.1) is 0 Å². The van der Waals surface area contributed by atoms with Gasteiger partial charge in [0.1, 0.15) is 18.1 Å². The fourth-order valence-corrected chi connectivity index (χ4v) is 4.37. The number of aliphatic carboxylic acids is 1. The van der Waals surface area contributed by atoms with E-state index in [2.05, 4.69) is 38.6 Å². The Morgan fingerprint density at radius 3 is 2.25 bits per heavy atom. The minimum Gasteiger partial charge on any atom is -0.480 e. The summed E-state index contributed by atoms with van der Waals surface area (Å²) in [5.74, 6) is -3.26.